The number of hydrazine groups is 1. The molecule has 0 aliphatic carbocycles. The third-order valence-corrected chi connectivity index (χ3v) is 12.4. The molecule has 2 aromatic heterocycles. The molecule has 0 saturated heterocycles. The Hall–Kier alpha value is -8.24. The number of para-hydroxylation sites is 2. The summed E-state index contributed by atoms with van der Waals surface area (Å²) in [6.07, 6.45) is 8.17. The van der Waals surface area contributed by atoms with Gasteiger partial charge in [0.1, 0.15) is 24.2 Å². The lowest BCUT2D eigenvalue weighted by Crippen LogP contribution is -2.60. The van der Waals surface area contributed by atoms with Crippen LogP contribution in [0.15, 0.2) is 152 Å². The van der Waals surface area contributed by atoms with Crippen LogP contribution in [0.1, 0.15) is 66.8 Å². The van der Waals surface area contributed by atoms with Crippen molar-refractivity contribution in [2.45, 2.75) is 95.3 Å². The molecular weight excluding hydrogens is 921 g/mol. The molecule has 0 fully saturated rings. The SMILES string of the molecule is CCCc1ccccc1.CN(NC(=O)[C@@H](Cc1c[nH]c2ccccc12)NC(=O)CCc1ccccc1)C(=O)N[C@@H](Cc1c[nH]c2ccccc12)C(=O)N[C@H](Cc1ccccc1)C(=O)N[C@@H](CCCCN)C(N)=O. The van der Waals surface area contributed by atoms with Crippen LogP contribution in [-0.4, -0.2) is 88.3 Å². The first kappa shape index (κ1) is 54.1. The van der Waals surface area contributed by atoms with Crippen molar-refractivity contribution in [2.75, 3.05) is 13.6 Å². The van der Waals surface area contributed by atoms with Gasteiger partial charge in [-0.05, 0) is 78.6 Å². The van der Waals surface area contributed by atoms with Gasteiger partial charge in [0.2, 0.25) is 23.6 Å². The molecule has 0 spiro atoms. The lowest BCUT2D eigenvalue weighted by atomic mass is 10.0. The summed E-state index contributed by atoms with van der Waals surface area (Å²) in [5, 5.41) is 13.8. The Bertz CT molecular complexity index is 2870. The van der Waals surface area contributed by atoms with Crippen LogP contribution < -0.4 is 38.2 Å². The van der Waals surface area contributed by atoms with E-state index in [9.17, 15) is 28.8 Å². The first-order chi connectivity index (χ1) is 35.4. The van der Waals surface area contributed by atoms with Gasteiger partial charge in [-0.1, -0.05) is 141 Å². The minimum atomic E-state index is -1.27. The molecule has 0 aliphatic heterocycles. The number of urea groups is 1. The summed E-state index contributed by atoms with van der Waals surface area (Å²) in [7, 11) is 1.33. The van der Waals surface area contributed by atoms with Crippen molar-refractivity contribution >= 4 is 57.4 Å². The number of aryl methyl sites for hydroxylation is 2. The minimum Gasteiger partial charge on any atom is -0.368 e. The molecule has 382 valence electrons. The molecule has 0 bridgehead atoms. The average molecular weight is 989 g/mol. The summed E-state index contributed by atoms with van der Waals surface area (Å²) in [6.45, 7) is 2.61. The quantitative estimate of drug-likeness (QED) is 0.0271. The normalized spacial score (nSPS) is 12.5. The maximum absolute atomic E-state index is 14.4. The number of H-pyrrole nitrogens is 2. The van der Waals surface area contributed by atoms with Crippen molar-refractivity contribution < 1.29 is 28.8 Å². The first-order valence-corrected chi connectivity index (χ1v) is 24.9. The highest BCUT2D eigenvalue weighted by Crippen LogP contribution is 2.21. The number of nitrogens with one attached hydrogen (secondary N) is 7. The van der Waals surface area contributed by atoms with Crippen molar-refractivity contribution in [2.24, 2.45) is 11.5 Å². The topological polar surface area (TPSA) is 249 Å². The maximum atomic E-state index is 14.4. The van der Waals surface area contributed by atoms with E-state index in [1.54, 1.807) is 36.7 Å². The van der Waals surface area contributed by atoms with Crippen LogP contribution in [0.25, 0.3) is 21.8 Å². The number of hydrogen-bond donors (Lipinski definition) is 9. The number of amides is 7. The second kappa shape index (κ2) is 28.0. The summed E-state index contributed by atoms with van der Waals surface area (Å²) in [5.41, 5.74) is 20.2. The van der Waals surface area contributed by atoms with E-state index in [1.165, 1.54) is 25.5 Å². The zero-order valence-electron chi connectivity index (χ0n) is 41.6. The summed E-state index contributed by atoms with van der Waals surface area (Å²) in [4.78, 5) is 88.5. The molecule has 0 unspecified atom stereocenters. The number of primary amides is 1. The number of nitrogens with zero attached hydrogens (tertiary/aromatic N) is 1. The summed E-state index contributed by atoms with van der Waals surface area (Å²) >= 11 is 0. The Morgan fingerprint density at radius 1 is 0.534 bits per heavy atom. The van der Waals surface area contributed by atoms with Crippen molar-refractivity contribution in [1.29, 1.82) is 0 Å². The van der Waals surface area contributed by atoms with Crippen LogP contribution >= 0.6 is 0 Å². The Morgan fingerprint density at radius 2 is 1.00 bits per heavy atom. The first-order valence-electron chi connectivity index (χ1n) is 24.9. The summed E-state index contributed by atoms with van der Waals surface area (Å²) < 4.78 is 0. The highest BCUT2D eigenvalue weighted by Gasteiger charge is 2.32. The monoisotopic (exact) mass is 989 g/mol. The number of aromatic nitrogens is 2. The molecule has 7 rings (SSSR count). The molecule has 73 heavy (non-hydrogen) atoms. The molecule has 2 heterocycles. The third-order valence-electron chi connectivity index (χ3n) is 12.4. The zero-order chi connectivity index (χ0) is 52.0. The predicted octanol–water partition coefficient (Wildman–Crippen LogP) is 6.06. The zero-order valence-corrected chi connectivity index (χ0v) is 41.6. The van der Waals surface area contributed by atoms with Crippen molar-refractivity contribution in [1.82, 2.24) is 41.7 Å². The van der Waals surface area contributed by atoms with E-state index < -0.39 is 53.8 Å². The number of fused-ring (bicyclic) bond motifs is 2. The Kier molecular flexibility index (Phi) is 20.7. The number of unbranched alkanes of at least 4 members (excludes halogenated alkanes) is 1. The molecule has 0 radical (unpaired) electrons. The van der Waals surface area contributed by atoms with Gasteiger partial charge in [-0.15, -0.1) is 0 Å². The summed E-state index contributed by atoms with van der Waals surface area (Å²) in [6, 6.07) is 38.8. The highest BCUT2D eigenvalue weighted by atomic mass is 16.2. The number of carbonyl (C=O) groups is 6. The largest absolute Gasteiger partial charge is 0.368 e. The number of nitrogens with two attached hydrogens (primary N) is 2. The minimum absolute atomic E-state index is 0.00723. The van der Waals surface area contributed by atoms with E-state index in [0.717, 1.165) is 43.5 Å². The van der Waals surface area contributed by atoms with Crippen LogP contribution in [0.4, 0.5) is 4.79 Å². The molecule has 7 amide bonds. The molecule has 7 aromatic rings. The molecule has 16 heteroatoms. The molecule has 0 saturated carbocycles. The standard InChI is InChI=1S/C48H56N10O6.C9H12/c1-58(57-47(63)42(28-34-30-52-38-21-11-9-19-36(34)38)53-43(59)24-23-31-14-4-2-5-15-31)48(64)56-41(27-33-29-51-37-20-10-8-18-35(33)37)46(62)55-40(26-32-16-6-3-7-17-32)45(61)54-39(44(50)60)22-12-13-25-49;1-2-6-9-7-4-3-5-8-9/h2-11,14-21,29-30,39-42,51-52H,12-13,22-28,49H2,1H3,(H2,50,60)(H,53,59)(H,54,61)(H,55,62)(H,56,64)(H,57,63);3-5,7-8H,2,6H2,1H3/t39-,40+,41-,42+;/m0./s1. The number of aromatic amines is 2. The van der Waals surface area contributed by atoms with Crippen LogP contribution in [0.5, 0.6) is 0 Å². The van der Waals surface area contributed by atoms with Gasteiger partial charge in [-0.25, -0.2) is 9.80 Å². The average Bonchev–Trinajstić information content (AvgIpc) is 4.01. The fourth-order valence-electron chi connectivity index (χ4n) is 8.48. The number of hydrogen-bond acceptors (Lipinski definition) is 7. The van der Waals surface area contributed by atoms with Gasteiger partial charge in [0.05, 0.1) is 0 Å². The van der Waals surface area contributed by atoms with Crippen LogP contribution in [-0.2, 0) is 56.1 Å². The number of carbonyl (C=O) groups excluding carboxylic acids is 6. The molecule has 16 nitrogen and oxygen atoms in total. The van der Waals surface area contributed by atoms with Crippen molar-refractivity contribution in [3.05, 3.63) is 180 Å². The molecular formula is C57H68N10O6. The van der Waals surface area contributed by atoms with Gasteiger partial charge in [-0.2, -0.15) is 0 Å². The van der Waals surface area contributed by atoms with Gasteiger partial charge in [0, 0.05) is 66.9 Å². The van der Waals surface area contributed by atoms with E-state index >= 15 is 0 Å². The van der Waals surface area contributed by atoms with Gasteiger partial charge >= 0.3 is 6.03 Å². The van der Waals surface area contributed by atoms with E-state index in [-0.39, 0.29) is 38.0 Å². The van der Waals surface area contributed by atoms with Gasteiger partial charge in [-0.3, -0.25) is 29.4 Å². The van der Waals surface area contributed by atoms with Crippen molar-refractivity contribution in [3.63, 3.8) is 0 Å². The second-order valence-corrected chi connectivity index (χ2v) is 18.0. The number of benzene rings is 5. The van der Waals surface area contributed by atoms with Crippen LogP contribution in [0.3, 0.4) is 0 Å². The van der Waals surface area contributed by atoms with Crippen LogP contribution in [0, 0.1) is 0 Å². The Balaban J connectivity index is 0.000000870. The Labute approximate surface area is 426 Å². The van der Waals surface area contributed by atoms with E-state index in [1.807, 2.05) is 84.9 Å². The van der Waals surface area contributed by atoms with Gasteiger partial charge < -0.3 is 42.7 Å². The lowest BCUT2D eigenvalue weighted by Gasteiger charge is -2.27. The lowest BCUT2D eigenvalue weighted by molar-refractivity contribution is -0.132. The van der Waals surface area contributed by atoms with E-state index in [0.29, 0.717) is 31.4 Å². The second-order valence-electron chi connectivity index (χ2n) is 18.0. The molecule has 0 aliphatic rings. The van der Waals surface area contributed by atoms with Gasteiger partial charge in [0.15, 0.2) is 0 Å². The molecule has 11 N–H and O–H groups in total. The third kappa shape index (κ3) is 16.7. The highest BCUT2D eigenvalue weighted by molar-refractivity contribution is 5.95. The predicted molar refractivity (Wildman–Crippen MR) is 285 cm³/mol. The number of rotatable bonds is 23. The van der Waals surface area contributed by atoms with Crippen molar-refractivity contribution in [3.8, 4) is 0 Å². The van der Waals surface area contributed by atoms with E-state index in [2.05, 4.69) is 73.9 Å². The molecule has 4 atom stereocenters. The van der Waals surface area contributed by atoms with Crippen LogP contribution in [0.2, 0.25) is 0 Å². The fraction of sp³-hybridized carbons (Fsp3) is 0.298. The smallest absolute Gasteiger partial charge is 0.336 e. The van der Waals surface area contributed by atoms with E-state index in [4.69, 9.17) is 11.5 Å². The summed E-state index contributed by atoms with van der Waals surface area (Å²) in [5.74, 6) is -3.07. The molecule has 5 aromatic carbocycles. The van der Waals surface area contributed by atoms with Gasteiger partial charge in [0.25, 0.3) is 5.91 Å². The Morgan fingerprint density at radius 3 is 1.52 bits per heavy atom. The fourth-order valence-corrected chi connectivity index (χ4v) is 8.48. The maximum Gasteiger partial charge on any atom is 0.336 e.